The van der Waals surface area contributed by atoms with E-state index in [-0.39, 0.29) is 12.1 Å². The average Bonchev–Trinajstić information content (AvgIpc) is 3.30. The minimum Gasteiger partial charge on any atom is -0.489 e. The van der Waals surface area contributed by atoms with Gasteiger partial charge in [-0.25, -0.2) is 9.78 Å². The zero-order valence-electron chi connectivity index (χ0n) is 15.1. The summed E-state index contributed by atoms with van der Waals surface area (Å²) in [6.45, 7) is 4.68. The number of nitrogens with zero attached hydrogens (tertiary/aromatic N) is 2. The van der Waals surface area contributed by atoms with E-state index in [9.17, 15) is 4.79 Å². The first-order chi connectivity index (χ1) is 12.7. The maximum absolute atomic E-state index is 12.1. The van der Waals surface area contributed by atoms with Crippen LogP contribution < -0.4 is 15.4 Å². The first kappa shape index (κ1) is 18.3. The Morgan fingerprint density at radius 2 is 2.31 bits per heavy atom. The van der Waals surface area contributed by atoms with Crippen molar-refractivity contribution in [3.8, 4) is 5.75 Å². The van der Waals surface area contributed by atoms with Crippen molar-refractivity contribution in [1.82, 2.24) is 14.9 Å². The van der Waals surface area contributed by atoms with E-state index >= 15 is 0 Å². The van der Waals surface area contributed by atoms with Gasteiger partial charge in [-0.05, 0) is 38.3 Å². The standard InChI is InChI=1S/C19H26N4O3/c1-15-20-10-12-23(15)11-5-9-21-19(24)22-17-7-2-3-8-18(17)26-14-16-6-4-13-25-16/h2-3,7-8,10,12,16H,4-6,9,11,13-14H2,1H3,(H2,21,22,24). The number of urea groups is 1. The first-order valence-corrected chi connectivity index (χ1v) is 9.08. The fourth-order valence-corrected chi connectivity index (χ4v) is 2.91. The van der Waals surface area contributed by atoms with E-state index in [1.54, 1.807) is 6.20 Å². The molecule has 0 saturated carbocycles. The van der Waals surface area contributed by atoms with Crippen LogP contribution in [0.4, 0.5) is 10.5 Å². The van der Waals surface area contributed by atoms with E-state index in [2.05, 4.69) is 20.2 Å². The van der Waals surface area contributed by atoms with Gasteiger partial charge in [-0.3, -0.25) is 0 Å². The van der Waals surface area contributed by atoms with Crippen molar-refractivity contribution in [2.24, 2.45) is 0 Å². The van der Waals surface area contributed by atoms with E-state index in [1.807, 2.05) is 37.4 Å². The van der Waals surface area contributed by atoms with Crippen LogP contribution in [0.25, 0.3) is 0 Å². The van der Waals surface area contributed by atoms with Crippen molar-refractivity contribution in [3.05, 3.63) is 42.5 Å². The molecule has 1 aromatic carbocycles. The zero-order chi connectivity index (χ0) is 18.2. The SMILES string of the molecule is Cc1nccn1CCCNC(=O)Nc1ccccc1OCC1CCCO1. The summed E-state index contributed by atoms with van der Waals surface area (Å²) in [5, 5.41) is 5.73. The number of imidazole rings is 1. The van der Waals surface area contributed by atoms with Crippen LogP contribution >= 0.6 is 0 Å². The Morgan fingerprint density at radius 3 is 3.08 bits per heavy atom. The van der Waals surface area contributed by atoms with Crippen molar-refractivity contribution >= 4 is 11.7 Å². The summed E-state index contributed by atoms with van der Waals surface area (Å²) in [4.78, 5) is 16.3. The molecule has 140 valence electrons. The zero-order valence-corrected chi connectivity index (χ0v) is 15.1. The highest BCUT2D eigenvalue weighted by atomic mass is 16.5. The van der Waals surface area contributed by atoms with Gasteiger partial charge < -0.3 is 24.7 Å². The number of rotatable bonds is 8. The Bertz CT molecular complexity index is 710. The molecule has 1 fully saturated rings. The lowest BCUT2D eigenvalue weighted by Crippen LogP contribution is -2.30. The van der Waals surface area contributed by atoms with Crippen LogP contribution in [-0.2, 0) is 11.3 Å². The van der Waals surface area contributed by atoms with Crippen molar-refractivity contribution in [2.45, 2.75) is 38.8 Å². The van der Waals surface area contributed by atoms with E-state index in [0.29, 0.717) is 24.6 Å². The quantitative estimate of drug-likeness (QED) is 0.711. The Hall–Kier alpha value is -2.54. The number of nitrogens with one attached hydrogen (secondary N) is 2. The first-order valence-electron chi connectivity index (χ1n) is 9.08. The van der Waals surface area contributed by atoms with Crippen LogP contribution in [0.15, 0.2) is 36.7 Å². The summed E-state index contributed by atoms with van der Waals surface area (Å²) < 4.78 is 13.5. The molecule has 2 heterocycles. The third-order valence-electron chi connectivity index (χ3n) is 4.37. The Balaban J connectivity index is 1.42. The molecular weight excluding hydrogens is 332 g/mol. The second-order valence-corrected chi connectivity index (χ2v) is 6.34. The molecule has 1 aliphatic rings. The van der Waals surface area contributed by atoms with E-state index in [0.717, 1.165) is 38.2 Å². The molecule has 0 spiro atoms. The molecule has 2 amide bonds. The third-order valence-corrected chi connectivity index (χ3v) is 4.37. The molecule has 1 aliphatic heterocycles. The smallest absolute Gasteiger partial charge is 0.319 e. The summed E-state index contributed by atoms with van der Waals surface area (Å²) in [7, 11) is 0. The van der Waals surface area contributed by atoms with Crippen LogP contribution in [0, 0.1) is 6.92 Å². The van der Waals surface area contributed by atoms with E-state index < -0.39 is 0 Å². The van der Waals surface area contributed by atoms with Crippen LogP contribution in [-0.4, -0.2) is 41.4 Å². The second kappa shape index (κ2) is 9.24. The highest BCUT2D eigenvalue weighted by molar-refractivity contribution is 5.90. The number of ether oxygens (including phenoxy) is 2. The van der Waals surface area contributed by atoms with Gasteiger partial charge in [0.1, 0.15) is 18.2 Å². The van der Waals surface area contributed by atoms with Crippen molar-refractivity contribution in [2.75, 3.05) is 25.1 Å². The van der Waals surface area contributed by atoms with Crippen LogP contribution in [0.1, 0.15) is 25.1 Å². The summed E-state index contributed by atoms with van der Waals surface area (Å²) in [6, 6.07) is 7.21. The molecule has 1 atom stereocenters. The van der Waals surface area contributed by atoms with Gasteiger partial charge in [0.25, 0.3) is 0 Å². The highest BCUT2D eigenvalue weighted by Gasteiger charge is 2.17. The van der Waals surface area contributed by atoms with Crippen LogP contribution in [0.5, 0.6) is 5.75 Å². The number of hydrogen-bond acceptors (Lipinski definition) is 4. The molecule has 7 heteroatoms. The normalized spacial score (nSPS) is 16.4. The number of aryl methyl sites for hydroxylation is 2. The molecule has 0 radical (unpaired) electrons. The Labute approximate surface area is 153 Å². The van der Waals surface area contributed by atoms with Crippen molar-refractivity contribution in [1.29, 1.82) is 0 Å². The molecule has 0 bridgehead atoms. The van der Waals surface area contributed by atoms with Gasteiger partial charge in [0, 0.05) is 32.1 Å². The molecule has 0 aliphatic carbocycles. The van der Waals surface area contributed by atoms with Crippen molar-refractivity contribution < 1.29 is 14.3 Å². The number of anilines is 1. The van der Waals surface area contributed by atoms with Crippen LogP contribution in [0.3, 0.4) is 0 Å². The molecule has 2 N–H and O–H groups in total. The fourth-order valence-electron chi connectivity index (χ4n) is 2.91. The number of para-hydroxylation sites is 2. The molecule has 1 aromatic heterocycles. The molecule has 1 saturated heterocycles. The van der Waals surface area contributed by atoms with Gasteiger partial charge in [0.2, 0.25) is 0 Å². The number of hydrogen-bond donors (Lipinski definition) is 2. The predicted molar refractivity (Wildman–Crippen MR) is 99.5 cm³/mol. The lowest BCUT2D eigenvalue weighted by atomic mass is 10.2. The topological polar surface area (TPSA) is 77.4 Å². The molecule has 7 nitrogen and oxygen atoms in total. The summed E-state index contributed by atoms with van der Waals surface area (Å²) in [5.74, 6) is 1.64. The second-order valence-electron chi connectivity index (χ2n) is 6.34. The predicted octanol–water partition coefficient (Wildman–Crippen LogP) is 2.96. The molecule has 2 aromatic rings. The highest BCUT2D eigenvalue weighted by Crippen LogP contribution is 2.25. The van der Waals surface area contributed by atoms with Gasteiger partial charge in [-0.15, -0.1) is 0 Å². The summed E-state index contributed by atoms with van der Waals surface area (Å²) >= 11 is 0. The lowest BCUT2D eigenvalue weighted by Gasteiger charge is -2.15. The summed E-state index contributed by atoms with van der Waals surface area (Å²) in [6.07, 6.45) is 6.80. The van der Waals surface area contributed by atoms with Gasteiger partial charge in [0.15, 0.2) is 0 Å². The number of carbonyl (C=O) groups excluding carboxylic acids is 1. The number of aromatic nitrogens is 2. The monoisotopic (exact) mass is 358 g/mol. The maximum atomic E-state index is 12.1. The molecule has 26 heavy (non-hydrogen) atoms. The number of amides is 2. The van der Waals surface area contributed by atoms with Crippen LogP contribution in [0.2, 0.25) is 0 Å². The third kappa shape index (κ3) is 5.23. The number of carbonyl (C=O) groups is 1. The average molecular weight is 358 g/mol. The van der Waals surface area contributed by atoms with Crippen molar-refractivity contribution in [3.63, 3.8) is 0 Å². The molecule has 3 rings (SSSR count). The molecule has 1 unspecified atom stereocenters. The minimum atomic E-state index is -0.236. The van der Waals surface area contributed by atoms with Gasteiger partial charge in [-0.2, -0.15) is 0 Å². The van der Waals surface area contributed by atoms with Gasteiger partial charge >= 0.3 is 6.03 Å². The fraction of sp³-hybridized carbons (Fsp3) is 0.474. The van der Waals surface area contributed by atoms with E-state index in [4.69, 9.17) is 9.47 Å². The molecular formula is C19H26N4O3. The Kier molecular flexibility index (Phi) is 6.49. The lowest BCUT2D eigenvalue weighted by molar-refractivity contribution is 0.0682. The van der Waals surface area contributed by atoms with Gasteiger partial charge in [0.05, 0.1) is 11.8 Å². The summed E-state index contributed by atoms with van der Waals surface area (Å²) in [5.41, 5.74) is 0.661. The van der Waals surface area contributed by atoms with Gasteiger partial charge in [-0.1, -0.05) is 12.1 Å². The van der Waals surface area contributed by atoms with E-state index in [1.165, 1.54) is 0 Å². The maximum Gasteiger partial charge on any atom is 0.319 e. The number of benzene rings is 1. The minimum absolute atomic E-state index is 0.142. The largest absolute Gasteiger partial charge is 0.489 e. The Morgan fingerprint density at radius 1 is 1.42 bits per heavy atom.